The van der Waals surface area contributed by atoms with E-state index in [1.54, 1.807) is 10.9 Å². The number of hydrogen-bond donors (Lipinski definition) is 1. The predicted octanol–water partition coefficient (Wildman–Crippen LogP) is 1.97. The predicted molar refractivity (Wildman–Crippen MR) is 68.0 cm³/mol. The average Bonchev–Trinajstić information content (AvgIpc) is 2.72. The third-order valence-electron chi connectivity index (χ3n) is 2.78. The zero-order chi connectivity index (χ0) is 12.3. The molecule has 4 nitrogen and oxygen atoms in total. The fourth-order valence-corrected chi connectivity index (χ4v) is 2.08. The number of rotatable bonds is 4. The van der Waals surface area contributed by atoms with Gasteiger partial charge in [-0.15, -0.1) is 5.10 Å². The average molecular weight is 251 g/mol. The molecule has 0 radical (unpaired) electrons. The molecule has 90 valence electrons. The highest BCUT2D eigenvalue weighted by atomic mass is 35.5. The fraction of sp³-hybridized carbons (Fsp3) is 0.333. The van der Waals surface area contributed by atoms with Gasteiger partial charge in [-0.2, -0.15) is 0 Å². The molecule has 0 aliphatic carbocycles. The molecule has 2 aromatic rings. The molecule has 17 heavy (non-hydrogen) atoms. The van der Waals surface area contributed by atoms with Gasteiger partial charge in [0.1, 0.15) is 0 Å². The van der Waals surface area contributed by atoms with Crippen molar-refractivity contribution in [3.8, 4) is 0 Å². The molecular weight excluding hydrogens is 236 g/mol. The van der Waals surface area contributed by atoms with Crippen LogP contribution >= 0.6 is 11.6 Å². The second kappa shape index (κ2) is 5.29. The molecular formula is C12H15ClN4. The Balaban J connectivity index is 2.19. The minimum Gasteiger partial charge on any atom is -0.311 e. The number of nitrogens with one attached hydrogen (secondary N) is 1. The van der Waals surface area contributed by atoms with Crippen LogP contribution in [0.3, 0.4) is 0 Å². The van der Waals surface area contributed by atoms with Crippen molar-refractivity contribution in [3.05, 3.63) is 46.7 Å². The van der Waals surface area contributed by atoms with Crippen LogP contribution in [0.2, 0.25) is 5.02 Å². The Morgan fingerprint density at radius 3 is 2.88 bits per heavy atom. The van der Waals surface area contributed by atoms with Gasteiger partial charge < -0.3 is 5.32 Å². The summed E-state index contributed by atoms with van der Waals surface area (Å²) in [5, 5.41) is 11.9. The number of aryl methyl sites for hydroxylation is 1. The molecule has 1 aromatic heterocycles. The Morgan fingerprint density at radius 1 is 1.47 bits per heavy atom. The van der Waals surface area contributed by atoms with Gasteiger partial charge in [-0.25, -0.2) is 0 Å². The first kappa shape index (κ1) is 12.1. The van der Waals surface area contributed by atoms with Gasteiger partial charge in [0.15, 0.2) is 0 Å². The van der Waals surface area contributed by atoms with Crippen LogP contribution in [0, 0.1) is 0 Å². The maximum atomic E-state index is 5.98. The van der Waals surface area contributed by atoms with Crippen LogP contribution in [0.4, 0.5) is 0 Å². The third kappa shape index (κ3) is 2.84. The first-order chi connectivity index (χ1) is 8.20. The van der Waals surface area contributed by atoms with Gasteiger partial charge in [0.2, 0.25) is 0 Å². The maximum Gasteiger partial charge on any atom is 0.0756 e. The Hall–Kier alpha value is -1.39. The van der Waals surface area contributed by atoms with Crippen LogP contribution in [-0.4, -0.2) is 22.0 Å². The molecule has 0 saturated carbocycles. The van der Waals surface area contributed by atoms with Crippen molar-refractivity contribution in [2.75, 3.05) is 7.05 Å². The number of likely N-dealkylation sites (N-methyl/N-ethyl adjacent to an activating group) is 1. The van der Waals surface area contributed by atoms with Crippen LogP contribution in [0.25, 0.3) is 0 Å². The summed E-state index contributed by atoms with van der Waals surface area (Å²) in [5.41, 5.74) is 2.26. The summed E-state index contributed by atoms with van der Waals surface area (Å²) in [6.07, 6.45) is 2.64. The van der Waals surface area contributed by atoms with Crippen molar-refractivity contribution in [2.24, 2.45) is 7.05 Å². The minimum atomic E-state index is 0.188. The summed E-state index contributed by atoms with van der Waals surface area (Å²) in [6, 6.07) is 8.08. The summed E-state index contributed by atoms with van der Waals surface area (Å²) >= 11 is 5.98. The largest absolute Gasteiger partial charge is 0.311 e. The van der Waals surface area contributed by atoms with Gasteiger partial charge in [-0.1, -0.05) is 28.9 Å². The molecule has 5 heteroatoms. The number of hydrogen-bond acceptors (Lipinski definition) is 3. The van der Waals surface area contributed by atoms with Gasteiger partial charge in [0.25, 0.3) is 0 Å². The molecule has 1 aromatic carbocycles. The molecule has 0 fully saturated rings. The molecule has 0 saturated heterocycles. The first-order valence-corrected chi connectivity index (χ1v) is 5.85. The van der Waals surface area contributed by atoms with Crippen LogP contribution in [-0.2, 0) is 13.5 Å². The van der Waals surface area contributed by atoms with Crippen LogP contribution in [0.15, 0.2) is 30.5 Å². The SMILES string of the molecule is CNC(Cc1cccc(Cl)c1)c1cnnn1C. The highest BCUT2D eigenvalue weighted by molar-refractivity contribution is 6.30. The Bertz CT molecular complexity index is 495. The summed E-state index contributed by atoms with van der Waals surface area (Å²) in [5.74, 6) is 0. The highest BCUT2D eigenvalue weighted by Crippen LogP contribution is 2.19. The topological polar surface area (TPSA) is 42.7 Å². The molecule has 0 aliphatic heterocycles. The third-order valence-corrected chi connectivity index (χ3v) is 3.02. The quantitative estimate of drug-likeness (QED) is 0.902. The summed E-state index contributed by atoms with van der Waals surface area (Å²) in [7, 11) is 3.83. The van der Waals surface area contributed by atoms with Crippen molar-refractivity contribution in [1.82, 2.24) is 20.3 Å². The van der Waals surface area contributed by atoms with E-state index >= 15 is 0 Å². The van der Waals surface area contributed by atoms with Crippen molar-refractivity contribution in [1.29, 1.82) is 0 Å². The van der Waals surface area contributed by atoms with Gasteiger partial charge >= 0.3 is 0 Å². The number of nitrogens with zero attached hydrogens (tertiary/aromatic N) is 3. The van der Waals surface area contributed by atoms with Gasteiger partial charge in [0.05, 0.1) is 17.9 Å². The van der Waals surface area contributed by atoms with E-state index in [9.17, 15) is 0 Å². The molecule has 1 atom stereocenters. The molecule has 0 bridgehead atoms. The lowest BCUT2D eigenvalue weighted by atomic mass is 10.0. The number of aromatic nitrogens is 3. The van der Waals surface area contributed by atoms with Gasteiger partial charge in [-0.05, 0) is 31.2 Å². The molecule has 0 spiro atoms. The van der Waals surface area contributed by atoms with E-state index in [0.29, 0.717) is 0 Å². The van der Waals surface area contributed by atoms with Gasteiger partial charge in [-0.3, -0.25) is 4.68 Å². The first-order valence-electron chi connectivity index (χ1n) is 5.47. The second-order valence-corrected chi connectivity index (χ2v) is 4.39. The molecule has 1 N–H and O–H groups in total. The van der Waals surface area contributed by atoms with Crippen LogP contribution < -0.4 is 5.32 Å². The zero-order valence-corrected chi connectivity index (χ0v) is 10.6. The smallest absolute Gasteiger partial charge is 0.0756 e. The van der Waals surface area contributed by atoms with Crippen molar-refractivity contribution >= 4 is 11.6 Å². The highest BCUT2D eigenvalue weighted by Gasteiger charge is 2.14. The Morgan fingerprint density at radius 2 is 2.29 bits per heavy atom. The molecule has 2 rings (SSSR count). The normalized spacial score (nSPS) is 12.6. The van der Waals surface area contributed by atoms with E-state index in [-0.39, 0.29) is 6.04 Å². The number of benzene rings is 1. The maximum absolute atomic E-state index is 5.98. The fourth-order valence-electron chi connectivity index (χ4n) is 1.87. The van der Waals surface area contributed by atoms with E-state index < -0.39 is 0 Å². The molecule has 0 amide bonds. The summed E-state index contributed by atoms with van der Waals surface area (Å²) in [6.45, 7) is 0. The molecule has 1 heterocycles. The van der Waals surface area contributed by atoms with E-state index in [1.165, 1.54) is 5.56 Å². The van der Waals surface area contributed by atoms with Crippen LogP contribution in [0.5, 0.6) is 0 Å². The van der Waals surface area contributed by atoms with Gasteiger partial charge in [0, 0.05) is 12.1 Å². The van der Waals surface area contributed by atoms with Crippen LogP contribution in [0.1, 0.15) is 17.3 Å². The van der Waals surface area contributed by atoms with E-state index in [1.807, 2.05) is 32.3 Å². The second-order valence-electron chi connectivity index (χ2n) is 3.96. The Kier molecular flexibility index (Phi) is 3.76. The number of halogens is 1. The van der Waals surface area contributed by atoms with E-state index in [4.69, 9.17) is 11.6 Å². The lowest BCUT2D eigenvalue weighted by Crippen LogP contribution is -2.21. The minimum absolute atomic E-state index is 0.188. The summed E-state index contributed by atoms with van der Waals surface area (Å²) in [4.78, 5) is 0. The zero-order valence-electron chi connectivity index (χ0n) is 9.89. The summed E-state index contributed by atoms with van der Waals surface area (Å²) < 4.78 is 1.78. The molecule has 1 unspecified atom stereocenters. The Labute approximate surface area is 106 Å². The van der Waals surface area contributed by atoms with E-state index in [2.05, 4.69) is 21.7 Å². The van der Waals surface area contributed by atoms with E-state index in [0.717, 1.165) is 17.1 Å². The molecule has 0 aliphatic rings. The van der Waals surface area contributed by atoms with Crippen molar-refractivity contribution in [2.45, 2.75) is 12.5 Å². The lowest BCUT2D eigenvalue weighted by molar-refractivity contribution is 0.534. The monoisotopic (exact) mass is 250 g/mol. The van der Waals surface area contributed by atoms with Crippen molar-refractivity contribution < 1.29 is 0 Å². The standard InChI is InChI=1S/C12H15ClN4/c1-14-11(12-8-15-16-17(12)2)7-9-4-3-5-10(13)6-9/h3-6,8,11,14H,7H2,1-2H3. The lowest BCUT2D eigenvalue weighted by Gasteiger charge is -2.15. The van der Waals surface area contributed by atoms with Crippen molar-refractivity contribution in [3.63, 3.8) is 0 Å².